The van der Waals surface area contributed by atoms with Gasteiger partial charge in [-0.15, -0.1) is 11.3 Å². The molecule has 72 valence electrons. The van der Waals surface area contributed by atoms with Crippen molar-refractivity contribution in [1.29, 1.82) is 0 Å². The molecule has 14 heavy (non-hydrogen) atoms. The van der Waals surface area contributed by atoms with E-state index in [2.05, 4.69) is 33.6 Å². The predicted octanol–water partition coefficient (Wildman–Crippen LogP) is 2.91. The molecular weight excluding hydrogens is 309 g/mol. The van der Waals surface area contributed by atoms with Crippen molar-refractivity contribution >= 4 is 33.9 Å². The molecule has 0 radical (unpaired) electrons. The predicted molar refractivity (Wildman–Crippen MR) is 66.2 cm³/mol. The standard InChI is InChI=1S/C10H8INOS/c11-8-3-1-2-7(4-8)10-12-5-9(6-13)14-10/h1-5,13H,6H2. The van der Waals surface area contributed by atoms with Gasteiger partial charge in [0.05, 0.1) is 11.5 Å². The van der Waals surface area contributed by atoms with Gasteiger partial charge in [-0.3, -0.25) is 0 Å². The van der Waals surface area contributed by atoms with Crippen LogP contribution in [0, 0.1) is 3.57 Å². The molecule has 0 saturated heterocycles. The second-order valence-electron chi connectivity index (χ2n) is 2.80. The Labute approximate surface area is 99.8 Å². The molecule has 0 amide bonds. The molecule has 0 bridgehead atoms. The van der Waals surface area contributed by atoms with Crippen LogP contribution in [0.1, 0.15) is 4.88 Å². The van der Waals surface area contributed by atoms with Gasteiger partial charge in [-0.25, -0.2) is 4.98 Å². The second-order valence-corrected chi connectivity index (χ2v) is 5.16. The van der Waals surface area contributed by atoms with Crippen molar-refractivity contribution in [3.05, 3.63) is 38.9 Å². The fourth-order valence-corrected chi connectivity index (χ4v) is 2.45. The lowest BCUT2D eigenvalue weighted by Gasteiger charge is -1.95. The molecule has 4 heteroatoms. The molecule has 1 aromatic heterocycles. The molecule has 0 saturated carbocycles. The maximum atomic E-state index is 8.92. The number of benzene rings is 1. The van der Waals surface area contributed by atoms with Gasteiger partial charge < -0.3 is 5.11 Å². The van der Waals surface area contributed by atoms with Gasteiger partial charge in [0, 0.05) is 15.3 Å². The van der Waals surface area contributed by atoms with Crippen molar-refractivity contribution in [3.8, 4) is 10.6 Å². The molecule has 0 atom stereocenters. The number of rotatable bonds is 2. The van der Waals surface area contributed by atoms with E-state index < -0.39 is 0 Å². The van der Waals surface area contributed by atoms with Gasteiger partial charge in [-0.1, -0.05) is 12.1 Å². The number of hydrogen-bond donors (Lipinski definition) is 1. The SMILES string of the molecule is OCc1cnc(-c2cccc(I)c2)s1. The first-order valence-corrected chi connectivity index (χ1v) is 6.00. The quantitative estimate of drug-likeness (QED) is 0.864. The van der Waals surface area contributed by atoms with Crippen LogP contribution in [-0.4, -0.2) is 10.1 Å². The molecule has 1 heterocycles. The number of aliphatic hydroxyl groups excluding tert-OH is 1. The summed E-state index contributed by atoms with van der Waals surface area (Å²) in [7, 11) is 0. The lowest BCUT2D eigenvalue weighted by atomic mass is 10.2. The lowest BCUT2D eigenvalue weighted by molar-refractivity contribution is 0.285. The molecule has 0 spiro atoms. The van der Waals surface area contributed by atoms with Crippen LogP contribution in [0.25, 0.3) is 10.6 Å². The van der Waals surface area contributed by atoms with Crippen LogP contribution < -0.4 is 0 Å². The van der Waals surface area contributed by atoms with E-state index in [1.54, 1.807) is 6.20 Å². The Balaban J connectivity index is 2.39. The van der Waals surface area contributed by atoms with Crippen molar-refractivity contribution in [2.45, 2.75) is 6.61 Å². The fourth-order valence-electron chi connectivity index (χ4n) is 1.14. The molecule has 0 aliphatic carbocycles. The zero-order chi connectivity index (χ0) is 9.97. The van der Waals surface area contributed by atoms with Gasteiger partial charge in [-0.2, -0.15) is 0 Å². The lowest BCUT2D eigenvalue weighted by Crippen LogP contribution is -1.75. The van der Waals surface area contributed by atoms with Crippen LogP contribution in [-0.2, 0) is 6.61 Å². The highest BCUT2D eigenvalue weighted by atomic mass is 127. The highest BCUT2D eigenvalue weighted by molar-refractivity contribution is 14.1. The Morgan fingerprint density at radius 1 is 1.43 bits per heavy atom. The Hall–Kier alpha value is -0.460. The van der Waals surface area contributed by atoms with Crippen molar-refractivity contribution < 1.29 is 5.11 Å². The van der Waals surface area contributed by atoms with E-state index in [9.17, 15) is 0 Å². The smallest absolute Gasteiger partial charge is 0.123 e. The third kappa shape index (κ3) is 2.13. The monoisotopic (exact) mass is 317 g/mol. The van der Waals surface area contributed by atoms with E-state index in [1.807, 2.05) is 18.2 Å². The molecule has 2 nitrogen and oxygen atoms in total. The zero-order valence-electron chi connectivity index (χ0n) is 7.27. The number of aromatic nitrogens is 1. The van der Waals surface area contributed by atoms with Crippen LogP contribution in [0.5, 0.6) is 0 Å². The summed E-state index contributed by atoms with van der Waals surface area (Å²) in [5.41, 5.74) is 1.11. The topological polar surface area (TPSA) is 33.1 Å². The van der Waals surface area contributed by atoms with Gasteiger partial charge in [0.15, 0.2) is 0 Å². The molecule has 2 aromatic rings. The van der Waals surface area contributed by atoms with Gasteiger partial charge in [-0.05, 0) is 34.7 Å². The maximum absolute atomic E-state index is 8.92. The Bertz CT molecular complexity index is 441. The zero-order valence-corrected chi connectivity index (χ0v) is 10.2. The number of halogens is 1. The first kappa shape index (κ1) is 10.1. The molecular formula is C10H8INOS. The van der Waals surface area contributed by atoms with Gasteiger partial charge in [0.2, 0.25) is 0 Å². The van der Waals surface area contributed by atoms with Crippen LogP contribution in [0.3, 0.4) is 0 Å². The fraction of sp³-hybridized carbons (Fsp3) is 0.100. The van der Waals surface area contributed by atoms with Gasteiger partial charge in [0.25, 0.3) is 0 Å². The normalized spacial score (nSPS) is 10.4. The summed E-state index contributed by atoms with van der Waals surface area (Å²) in [6.07, 6.45) is 1.72. The van der Waals surface area contributed by atoms with E-state index in [4.69, 9.17) is 5.11 Å². The molecule has 2 rings (SSSR count). The minimum Gasteiger partial charge on any atom is -0.391 e. The van der Waals surface area contributed by atoms with E-state index in [0.717, 1.165) is 15.4 Å². The summed E-state index contributed by atoms with van der Waals surface area (Å²) >= 11 is 3.81. The van der Waals surface area contributed by atoms with Gasteiger partial charge in [0.1, 0.15) is 5.01 Å². The number of hydrogen-bond acceptors (Lipinski definition) is 3. The average molecular weight is 317 g/mol. The van der Waals surface area contributed by atoms with E-state index in [-0.39, 0.29) is 6.61 Å². The highest BCUT2D eigenvalue weighted by Gasteiger charge is 2.03. The van der Waals surface area contributed by atoms with Gasteiger partial charge >= 0.3 is 0 Å². The third-order valence-corrected chi connectivity index (χ3v) is 3.48. The van der Waals surface area contributed by atoms with Crippen molar-refractivity contribution in [1.82, 2.24) is 4.98 Å². The number of aliphatic hydroxyl groups is 1. The minimum absolute atomic E-state index is 0.0710. The van der Waals surface area contributed by atoms with Crippen LogP contribution >= 0.6 is 33.9 Å². The molecule has 1 aromatic carbocycles. The third-order valence-electron chi connectivity index (χ3n) is 1.78. The highest BCUT2D eigenvalue weighted by Crippen LogP contribution is 2.26. The minimum atomic E-state index is 0.0710. The van der Waals surface area contributed by atoms with Crippen LogP contribution in [0.15, 0.2) is 30.5 Å². The molecule has 0 aliphatic heterocycles. The Morgan fingerprint density at radius 2 is 2.29 bits per heavy atom. The second kappa shape index (κ2) is 4.37. The number of nitrogens with zero attached hydrogens (tertiary/aromatic N) is 1. The Kier molecular flexibility index (Phi) is 3.15. The summed E-state index contributed by atoms with van der Waals surface area (Å²) in [5.74, 6) is 0. The van der Waals surface area contributed by atoms with Crippen molar-refractivity contribution in [2.24, 2.45) is 0 Å². The molecule has 0 unspecified atom stereocenters. The molecule has 0 fully saturated rings. The van der Waals surface area contributed by atoms with Crippen LogP contribution in [0.4, 0.5) is 0 Å². The summed E-state index contributed by atoms with van der Waals surface area (Å²) in [4.78, 5) is 5.16. The first-order chi connectivity index (χ1) is 6.79. The average Bonchev–Trinajstić information content (AvgIpc) is 2.66. The summed E-state index contributed by atoms with van der Waals surface area (Å²) in [6.45, 7) is 0.0710. The van der Waals surface area contributed by atoms with E-state index >= 15 is 0 Å². The number of thiazole rings is 1. The first-order valence-electron chi connectivity index (χ1n) is 4.11. The molecule has 0 aliphatic rings. The van der Waals surface area contributed by atoms with Crippen molar-refractivity contribution in [3.63, 3.8) is 0 Å². The van der Waals surface area contributed by atoms with Crippen molar-refractivity contribution in [2.75, 3.05) is 0 Å². The molecule has 1 N–H and O–H groups in total. The summed E-state index contributed by atoms with van der Waals surface area (Å²) in [5, 5.41) is 9.89. The summed E-state index contributed by atoms with van der Waals surface area (Å²) in [6, 6.07) is 8.17. The van der Waals surface area contributed by atoms with E-state index in [1.165, 1.54) is 14.9 Å². The summed E-state index contributed by atoms with van der Waals surface area (Å²) < 4.78 is 1.20. The maximum Gasteiger partial charge on any atom is 0.123 e. The van der Waals surface area contributed by atoms with E-state index in [0.29, 0.717) is 0 Å². The van der Waals surface area contributed by atoms with Crippen LogP contribution in [0.2, 0.25) is 0 Å². The largest absolute Gasteiger partial charge is 0.391 e. The Morgan fingerprint density at radius 3 is 2.93 bits per heavy atom.